The molecule has 0 aliphatic carbocycles. The first-order chi connectivity index (χ1) is 5.27. The maximum Gasteiger partial charge on any atom is 0.152 e. The normalized spacial score (nSPS) is 9.27. The van der Waals surface area contributed by atoms with Gasteiger partial charge >= 0.3 is 0 Å². The van der Waals surface area contributed by atoms with Crippen LogP contribution in [-0.4, -0.2) is 13.4 Å². The number of aldehydes is 1. The van der Waals surface area contributed by atoms with E-state index < -0.39 is 5.82 Å². The molecule has 0 N–H and O–H groups in total. The Labute approximate surface area is 63.6 Å². The first kappa shape index (κ1) is 7.72. The van der Waals surface area contributed by atoms with Gasteiger partial charge in [-0.1, -0.05) is 0 Å². The zero-order valence-electron chi connectivity index (χ0n) is 6.00. The van der Waals surface area contributed by atoms with Crippen LogP contribution in [0.5, 0.6) is 5.75 Å². The van der Waals surface area contributed by atoms with Crippen molar-refractivity contribution in [3.8, 4) is 5.75 Å². The second-order valence-corrected chi connectivity index (χ2v) is 2.01. The van der Waals surface area contributed by atoms with Gasteiger partial charge in [-0.3, -0.25) is 4.79 Å². The summed E-state index contributed by atoms with van der Waals surface area (Å²) in [5.41, 5.74) is 0.0470. The minimum absolute atomic E-state index is 0.0470. The first-order valence-electron chi connectivity index (χ1n) is 3.06. The molecule has 11 heavy (non-hydrogen) atoms. The Bertz CT molecular complexity index is 271. The Hall–Kier alpha value is -1.38. The summed E-state index contributed by atoms with van der Waals surface area (Å²) >= 11 is 0. The van der Waals surface area contributed by atoms with Crippen molar-refractivity contribution in [3.63, 3.8) is 0 Å². The van der Waals surface area contributed by atoms with Crippen molar-refractivity contribution >= 4 is 6.29 Å². The molecule has 0 heterocycles. The van der Waals surface area contributed by atoms with Crippen LogP contribution in [0.2, 0.25) is 0 Å². The highest BCUT2D eigenvalue weighted by Crippen LogP contribution is 2.14. The molecule has 1 aromatic rings. The Morgan fingerprint density at radius 2 is 2.27 bits per heavy atom. The number of methoxy groups -OCH3 is 1. The van der Waals surface area contributed by atoms with Gasteiger partial charge in [0.2, 0.25) is 0 Å². The van der Waals surface area contributed by atoms with Crippen LogP contribution in [0.15, 0.2) is 18.2 Å². The van der Waals surface area contributed by atoms with Crippen molar-refractivity contribution in [1.29, 1.82) is 0 Å². The lowest BCUT2D eigenvalue weighted by molar-refractivity contribution is 0.112. The fourth-order valence-electron chi connectivity index (χ4n) is 0.730. The molecule has 0 spiro atoms. The summed E-state index contributed by atoms with van der Waals surface area (Å²) in [5, 5.41) is 0. The zero-order valence-corrected chi connectivity index (χ0v) is 6.00. The molecule has 0 atom stereocenters. The van der Waals surface area contributed by atoms with Gasteiger partial charge in [0.25, 0.3) is 0 Å². The minimum atomic E-state index is -0.556. The van der Waals surface area contributed by atoms with Gasteiger partial charge in [0.1, 0.15) is 11.6 Å². The fraction of sp³-hybridized carbons (Fsp3) is 0.125. The molecular weight excluding hydrogens is 146 g/mol. The summed E-state index contributed by atoms with van der Waals surface area (Å²) in [6.07, 6.45) is 0.467. The number of halogens is 1. The largest absolute Gasteiger partial charge is 0.497 e. The van der Waals surface area contributed by atoms with Crippen LogP contribution in [0.25, 0.3) is 0 Å². The van der Waals surface area contributed by atoms with E-state index in [1.165, 1.54) is 25.3 Å². The maximum atomic E-state index is 12.7. The van der Waals surface area contributed by atoms with E-state index in [0.717, 1.165) is 0 Å². The van der Waals surface area contributed by atoms with Crippen LogP contribution in [0.4, 0.5) is 4.39 Å². The molecule has 2 nitrogen and oxygen atoms in total. The first-order valence-corrected chi connectivity index (χ1v) is 3.06. The molecule has 0 aromatic heterocycles. The topological polar surface area (TPSA) is 26.3 Å². The molecule has 0 fully saturated rings. The number of hydrogen-bond acceptors (Lipinski definition) is 2. The molecule has 0 bridgehead atoms. The van der Waals surface area contributed by atoms with Crippen molar-refractivity contribution in [1.82, 2.24) is 0 Å². The molecule has 0 aliphatic rings. The molecule has 1 aromatic carbocycles. The van der Waals surface area contributed by atoms with E-state index in [1.54, 1.807) is 0 Å². The Morgan fingerprint density at radius 3 is 2.73 bits per heavy atom. The van der Waals surface area contributed by atoms with Crippen LogP contribution in [0.3, 0.4) is 0 Å². The Balaban J connectivity index is 3.09. The van der Waals surface area contributed by atoms with E-state index >= 15 is 0 Å². The van der Waals surface area contributed by atoms with Gasteiger partial charge in [0, 0.05) is 6.07 Å². The molecule has 0 saturated carbocycles. The summed E-state index contributed by atoms with van der Waals surface area (Å²) in [4.78, 5) is 10.1. The van der Waals surface area contributed by atoms with E-state index in [1.807, 2.05) is 0 Å². The lowest BCUT2D eigenvalue weighted by atomic mass is 10.2. The lowest BCUT2D eigenvalue weighted by Gasteiger charge is -1.99. The molecule has 0 unspecified atom stereocenters. The monoisotopic (exact) mass is 153 g/mol. The van der Waals surface area contributed by atoms with Crippen molar-refractivity contribution in [2.75, 3.05) is 7.11 Å². The van der Waals surface area contributed by atoms with Crippen LogP contribution in [0.1, 0.15) is 10.4 Å². The maximum absolute atomic E-state index is 12.7. The van der Waals surface area contributed by atoms with E-state index in [4.69, 9.17) is 4.74 Å². The van der Waals surface area contributed by atoms with E-state index in [2.05, 4.69) is 0 Å². The number of hydrogen-bond donors (Lipinski definition) is 0. The fourth-order valence-corrected chi connectivity index (χ4v) is 0.730. The van der Waals surface area contributed by atoms with Crippen LogP contribution >= 0.6 is 0 Å². The summed E-state index contributed by atoms with van der Waals surface area (Å²) in [5.74, 6) is -0.146. The van der Waals surface area contributed by atoms with E-state index in [9.17, 15) is 9.18 Å². The van der Waals surface area contributed by atoms with Crippen LogP contribution < -0.4 is 4.74 Å². The molecule has 0 amide bonds. The summed E-state index contributed by atoms with van der Waals surface area (Å²) in [6.45, 7) is 0. The third kappa shape index (κ3) is 1.55. The number of benzene rings is 1. The lowest BCUT2D eigenvalue weighted by Crippen LogP contribution is -1.89. The predicted molar refractivity (Wildman–Crippen MR) is 38.3 cm³/mol. The summed E-state index contributed by atoms with van der Waals surface area (Å²) in [6, 6.07) is 4.08. The third-order valence-corrected chi connectivity index (χ3v) is 1.33. The van der Waals surface area contributed by atoms with Gasteiger partial charge in [0.15, 0.2) is 6.29 Å². The van der Waals surface area contributed by atoms with Gasteiger partial charge in [-0.2, -0.15) is 0 Å². The number of rotatable bonds is 2. The highest BCUT2D eigenvalue weighted by Gasteiger charge is 2.00. The Morgan fingerprint density at radius 1 is 1.55 bits per heavy atom. The van der Waals surface area contributed by atoms with Crippen LogP contribution in [-0.2, 0) is 0 Å². The smallest absolute Gasteiger partial charge is 0.152 e. The second-order valence-electron chi connectivity index (χ2n) is 2.01. The van der Waals surface area contributed by atoms with E-state index in [-0.39, 0.29) is 5.56 Å². The Kier molecular flexibility index (Phi) is 2.21. The zero-order chi connectivity index (χ0) is 8.27. The summed E-state index contributed by atoms with van der Waals surface area (Å²) in [7, 11) is 1.44. The standard InChI is InChI=1S/C8H7FO2/c1-11-7-3-2-6(5-10)8(9)4-7/h2-5H,1H3/i9-1. The van der Waals surface area contributed by atoms with Gasteiger partial charge in [0.05, 0.1) is 12.7 Å². The van der Waals surface area contributed by atoms with Crippen molar-refractivity contribution < 1.29 is 13.9 Å². The van der Waals surface area contributed by atoms with Crippen molar-refractivity contribution in [2.24, 2.45) is 0 Å². The van der Waals surface area contributed by atoms with Gasteiger partial charge in [-0.25, -0.2) is 4.39 Å². The molecule has 1 rings (SSSR count). The number of ether oxygens (including phenoxy) is 1. The number of carbonyl (C=O) groups excluding carboxylic acids is 1. The molecule has 58 valence electrons. The SMILES string of the molecule is COc1ccc(C=O)c([18F])c1. The van der Waals surface area contributed by atoms with Crippen molar-refractivity contribution in [2.45, 2.75) is 0 Å². The number of carbonyl (C=O) groups is 1. The van der Waals surface area contributed by atoms with Gasteiger partial charge in [-0.15, -0.1) is 0 Å². The molecule has 0 aliphatic heterocycles. The second kappa shape index (κ2) is 3.14. The average molecular weight is 153 g/mol. The molecule has 3 heteroatoms. The molecule has 0 saturated heterocycles. The van der Waals surface area contributed by atoms with Gasteiger partial charge in [-0.05, 0) is 12.1 Å². The third-order valence-electron chi connectivity index (χ3n) is 1.33. The quantitative estimate of drug-likeness (QED) is 0.604. The minimum Gasteiger partial charge on any atom is -0.497 e. The van der Waals surface area contributed by atoms with E-state index in [0.29, 0.717) is 12.0 Å². The molecular formula is C8H7FO2. The highest BCUT2D eigenvalue weighted by molar-refractivity contribution is 5.75. The average Bonchev–Trinajstić information content (AvgIpc) is 2.04. The van der Waals surface area contributed by atoms with Crippen molar-refractivity contribution in [3.05, 3.63) is 29.6 Å². The van der Waals surface area contributed by atoms with Crippen LogP contribution in [0, 0.1) is 5.82 Å². The molecule has 0 radical (unpaired) electrons. The summed E-state index contributed by atoms with van der Waals surface area (Å²) < 4.78 is 17.5. The van der Waals surface area contributed by atoms with Gasteiger partial charge < -0.3 is 4.74 Å². The predicted octanol–water partition coefficient (Wildman–Crippen LogP) is 1.65. The highest BCUT2D eigenvalue weighted by atomic mass is 18.2.